The van der Waals surface area contributed by atoms with E-state index in [1.807, 2.05) is 57.1 Å². The van der Waals surface area contributed by atoms with Crippen LogP contribution in [0.15, 0.2) is 327 Å². The molecule has 0 amide bonds. The van der Waals surface area contributed by atoms with Gasteiger partial charge in [0, 0.05) is 71.9 Å². The van der Waals surface area contributed by atoms with Crippen LogP contribution in [0.4, 0.5) is 34.1 Å². The van der Waals surface area contributed by atoms with Crippen molar-refractivity contribution in [1.29, 1.82) is 0 Å². The number of thiophene rings is 4. The average Bonchev–Trinajstić information content (AvgIpc) is 1.63. The molecule has 1 aliphatic rings. The van der Waals surface area contributed by atoms with Crippen LogP contribution >= 0.6 is 57.1 Å². The topological polar surface area (TPSA) is 6.48 Å². The van der Waals surface area contributed by atoms with Gasteiger partial charge < -0.3 is 9.80 Å². The summed E-state index contributed by atoms with van der Waals surface area (Å²) in [7, 11) is 0. The van der Waals surface area contributed by atoms with Crippen molar-refractivity contribution in [3.05, 3.63) is 337 Å². The first-order valence-electron chi connectivity index (χ1n) is 32.2. The highest BCUT2D eigenvalue weighted by molar-refractivity contribution is 8.03. The van der Waals surface area contributed by atoms with Crippen LogP contribution in [0.3, 0.4) is 0 Å². The fourth-order valence-corrected chi connectivity index (χ4v) is 20.5. The molecule has 0 saturated heterocycles. The molecule has 5 heterocycles. The second kappa shape index (κ2) is 23.0. The molecule has 14 aromatic carbocycles. The fraction of sp³-hybridized carbons (Fsp3) is 0.0227. The van der Waals surface area contributed by atoms with E-state index in [1.165, 1.54) is 136 Å². The lowest BCUT2D eigenvalue weighted by molar-refractivity contribution is 0.787. The van der Waals surface area contributed by atoms with Crippen molar-refractivity contribution in [2.75, 3.05) is 9.80 Å². The van der Waals surface area contributed by atoms with Gasteiger partial charge in [0.2, 0.25) is 0 Å². The van der Waals surface area contributed by atoms with E-state index in [9.17, 15) is 0 Å². The summed E-state index contributed by atoms with van der Waals surface area (Å²) < 4.78 is -0.233. The highest BCUT2D eigenvalue weighted by atomic mass is 32.2. The standard InChI is InChI=1S/C88H56N2S5/c1-5-22-64-57(18-1)52-76(72-30-13-9-26-68(64)72)89(77-53-58-19-2-6-23-65(58)69-27-10-14-31-73(69)77)62-38-34-56(35-39-62)80-42-43-81(92-80)82-44-45-83(93-82)84-46-47-85(94-84)86-48-49-87(95-86)88(50-17-51-91-88)61-36-40-63(41-37-61)90(78-54-59-20-3-7-24-66(59)70-28-11-15-32-74(70)78)79-55-60-21-4-8-25-67(60)71-29-12-16-33-75(71)79/h1-49,51-55H,50H2. The summed E-state index contributed by atoms with van der Waals surface area (Å²) in [6.45, 7) is 0. The summed E-state index contributed by atoms with van der Waals surface area (Å²) in [5, 5.41) is 22.1. The van der Waals surface area contributed by atoms with Crippen molar-refractivity contribution in [1.82, 2.24) is 0 Å². The zero-order valence-electron chi connectivity index (χ0n) is 51.3. The summed E-state index contributed by atoms with van der Waals surface area (Å²) >= 11 is 9.54. The van der Waals surface area contributed by atoms with Gasteiger partial charge in [0.1, 0.15) is 0 Å². The van der Waals surface area contributed by atoms with Crippen LogP contribution in [0.1, 0.15) is 16.9 Å². The van der Waals surface area contributed by atoms with Gasteiger partial charge in [-0.1, -0.05) is 224 Å². The maximum Gasteiger partial charge on any atom is 0.0825 e. The van der Waals surface area contributed by atoms with E-state index < -0.39 is 0 Å². The molecule has 0 fully saturated rings. The van der Waals surface area contributed by atoms with E-state index in [0.717, 1.165) is 40.5 Å². The molecule has 0 aliphatic carbocycles. The van der Waals surface area contributed by atoms with E-state index >= 15 is 0 Å². The van der Waals surface area contributed by atoms with E-state index in [0.29, 0.717) is 0 Å². The molecule has 0 N–H and O–H groups in total. The lowest BCUT2D eigenvalue weighted by atomic mass is 9.92. The van der Waals surface area contributed by atoms with Gasteiger partial charge in [-0.2, -0.15) is 0 Å². The molecule has 0 saturated carbocycles. The Morgan fingerprint density at radius 2 is 0.547 bits per heavy atom. The third-order valence-electron chi connectivity index (χ3n) is 19.3. The van der Waals surface area contributed by atoms with Gasteiger partial charge in [0.05, 0.1) is 27.5 Å². The van der Waals surface area contributed by atoms with Gasteiger partial charge in [-0.05, 0) is 185 Å². The average molecular weight is 1300 g/mol. The molecule has 18 aromatic rings. The first-order valence-corrected chi connectivity index (χ1v) is 36.4. The highest BCUT2D eigenvalue weighted by Gasteiger charge is 2.38. The lowest BCUT2D eigenvalue weighted by Crippen LogP contribution is -2.19. The zero-order valence-corrected chi connectivity index (χ0v) is 55.4. The normalized spacial score (nSPS) is 14.0. The molecule has 0 radical (unpaired) electrons. The molecule has 448 valence electrons. The Labute approximate surface area is 570 Å². The van der Waals surface area contributed by atoms with Gasteiger partial charge in [-0.3, -0.25) is 0 Å². The largest absolute Gasteiger partial charge is 0.309 e. The van der Waals surface area contributed by atoms with Crippen molar-refractivity contribution >= 4 is 177 Å². The number of nitrogens with zero attached hydrogens (tertiary/aromatic N) is 2. The Morgan fingerprint density at radius 1 is 0.253 bits per heavy atom. The number of rotatable bonds is 12. The van der Waals surface area contributed by atoms with Crippen LogP contribution in [0, 0.1) is 0 Å². The van der Waals surface area contributed by atoms with Crippen LogP contribution in [-0.4, -0.2) is 0 Å². The number of fused-ring (bicyclic) bond motifs is 12. The predicted molar refractivity (Wildman–Crippen MR) is 418 cm³/mol. The maximum atomic E-state index is 2.52. The smallest absolute Gasteiger partial charge is 0.0825 e. The monoisotopic (exact) mass is 1300 g/mol. The van der Waals surface area contributed by atoms with Crippen LogP contribution < -0.4 is 9.80 Å². The third-order valence-corrected chi connectivity index (χ3v) is 25.9. The predicted octanol–water partition coefficient (Wildman–Crippen LogP) is 27.7. The van der Waals surface area contributed by atoms with Gasteiger partial charge in [-0.15, -0.1) is 57.1 Å². The summed E-state index contributed by atoms with van der Waals surface area (Å²) in [5.74, 6) is 0. The minimum absolute atomic E-state index is 0.233. The molecule has 7 heteroatoms. The molecule has 4 aromatic heterocycles. The van der Waals surface area contributed by atoms with Crippen molar-refractivity contribution in [2.24, 2.45) is 0 Å². The molecular weight excluding hydrogens is 1250 g/mol. The van der Waals surface area contributed by atoms with Crippen LogP contribution in [0.25, 0.3) is 126 Å². The fourth-order valence-electron chi connectivity index (χ4n) is 14.8. The molecule has 0 spiro atoms. The summed E-state index contributed by atoms with van der Waals surface area (Å²) in [4.78, 5) is 15.4. The minimum Gasteiger partial charge on any atom is -0.309 e. The third kappa shape index (κ3) is 9.47. The van der Waals surface area contributed by atoms with Crippen LogP contribution in [0.2, 0.25) is 0 Å². The Morgan fingerprint density at radius 3 is 0.905 bits per heavy atom. The Bertz CT molecular complexity index is 5840. The molecule has 19 rings (SSSR count). The number of hydrogen-bond acceptors (Lipinski definition) is 7. The Balaban J connectivity index is 0.616. The molecule has 1 aliphatic heterocycles. The van der Waals surface area contributed by atoms with E-state index in [-0.39, 0.29) is 4.75 Å². The molecular formula is C88H56N2S5. The Hall–Kier alpha value is -10.4. The van der Waals surface area contributed by atoms with Gasteiger partial charge in [0.25, 0.3) is 0 Å². The van der Waals surface area contributed by atoms with E-state index in [4.69, 9.17) is 0 Å². The number of allylic oxidation sites excluding steroid dienone is 1. The van der Waals surface area contributed by atoms with Crippen LogP contribution in [0.5, 0.6) is 0 Å². The second-order valence-corrected chi connectivity index (χ2v) is 30.1. The number of thioether (sulfide) groups is 1. The minimum atomic E-state index is -0.233. The first-order chi connectivity index (χ1) is 47.0. The number of hydrogen-bond donors (Lipinski definition) is 0. The molecule has 2 nitrogen and oxygen atoms in total. The summed E-state index contributed by atoms with van der Waals surface area (Å²) in [6, 6.07) is 118. The van der Waals surface area contributed by atoms with Crippen molar-refractivity contribution in [2.45, 2.75) is 11.2 Å². The van der Waals surface area contributed by atoms with E-state index in [1.54, 1.807) is 0 Å². The molecule has 0 bridgehead atoms. The van der Waals surface area contributed by atoms with Crippen molar-refractivity contribution in [3.8, 4) is 39.7 Å². The van der Waals surface area contributed by atoms with Crippen molar-refractivity contribution in [3.63, 3.8) is 0 Å². The SMILES string of the molecule is C1=CSC(c2ccc(N(c3cc4ccccc4c4ccccc34)c3cc4ccccc4c4ccccc34)cc2)(c2ccc(-c3ccc(-c4ccc(-c5ccc(-c6ccc(N(c7cc8ccccc8c8ccccc78)c7cc8ccccc8c8ccccc78)cc6)s5)s4)s3)s2)C1. The summed E-state index contributed by atoms with van der Waals surface area (Å²) in [6.07, 6.45) is 3.29. The highest BCUT2D eigenvalue weighted by Crippen LogP contribution is 2.56. The van der Waals surface area contributed by atoms with E-state index in [2.05, 4.69) is 337 Å². The van der Waals surface area contributed by atoms with Gasteiger partial charge >= 0.3 is 0 Å². The first kappa shape index (κ1) is 56.2. The number of anilines is 6. The molecule has 1 atom stereocenters. The number of benzene rings is 14. The van der Waals surface area contributed by atoms with Gasteiger partial charge in [0.15, 0.2) is 0 Å². The summed E-state index contributed by atoms with van der Waals surface area (Å²) in [5.41, 5.74) is 9.41. The zero-order chi connectivity index (χ0) is 62.6. The maximum absolute atomic E-state index is 2.52. The molecule has 1 unspecified atom stereocenters. The van der Waals surface area contributed by atoms with Crippen molar-refractivity contribution < 1.29 is 0 Å². The lowest BCUT2D eigenvalue weighted by Gasteiger charge is -2.31. The van der Waals surface area contributed by atoms with Gasteiger partial charge in [-0.25, -0.2) is 0 Å². The molecule has 95 heavy (non-hydrogen) atoms. The Kier molecular flexibility index (Phi) is 13.6. The second-order valence-electron chi connectivity index (χ2n) is 24.6. The van der Waals surface area contributed by atoms with Crippen LogP contribution in [-0.2, 0) is 4.75 Å². The quantitative estimate of drug-likeness (QED) is 0.113.